The van der Waals surface area contributed by atoms with Gasteiger partial charge in [-0.1, -0.05) is 0 Å². The SMILES string of the molecule is Cc1ccc(CNC(=O)C(=O)NN)o1. The van der Waals surface area contributed by atoms with Crippen molar-refractivity contribution < 1.29 is 14.0 Å². The average molecular weight is 197 g/mol. The van der Waals surface area contributed by atoms with Gasteiger partial charge in [0, 0.05) is 0 Å². The van der Waals surface area contributed by atoms with E-state index >= 15 is 0 Å². The lowest BCUT2D eigenvalue weighted by atomic mass is 10.4. The number of hydrazine groups is 1. The molecule has 1 heterocycles. The van der Waals surface area contributed by atoms with E-state index in [-0.39, 0.29) is 6.54 Å². The highest BCUT2D eigenvalue weighted by Gasteiger charge is 2.11. The first-order valence-corrected chi connectivity index (χ1v) is 3.97. The molecule has 1 aromatic heterocycles. The van der Waals surface area contributed by atoms with Crippen molar-refractivity contribution in [2.24, 2.45) is 5.84 Å². The molecule has 0 unspecified atom stereocenters. The van der Waals surface area contributed by atoms with E-state index in [1.807, 2.05) is 0 Å². The van der Waals surface area contributed by atoms with E-state index in [9.17, 15) is 9.59 Å². The standard InChI is InChI=1S/C8H11N3O3/c1-5-2-3-6(14-5)4-10-7(12)8(13)11-9/h2-3H,4,9H2,1H3,(H,10,12)(H,11,13). The molecule has 0 aliphatic rings. The van der Waals surface area contributed by atoms with Gasteiger partial charge in [0.15, 0.2) is 0 Å². The average Bonchev–Trinajstić information content (AvgIpc) is 2.59. The highest BCUT2D eigenvalue weighted by atomic mass is 16.3. The fourth-order valence-corrected chi connectivity index (χ4v) is 0.893. The number of aryl methyl sites for hydroxylation is 1. The van der Waals surface area contributed by atoms with Crippen molar-refractivity contribution in [3.63, 3.8) is 0 Å². The topological polar surface area (TPSA) is 97.4 Å². The van der Waals surface area contributed by atoms with E-state index in [2.05, 4.69) is 5.32 Å². The summed E-state index contributed by atoms with van der Waals surface area (Å²) in [4.78, 5) is 21.6. The van der Waals surface area contributed by atoms with Crippen molar-refractivity contribution in [3.8, 4) is 0 Å². The number of nitrogens with two attached hydrogens (primary N) is 1. The Hall–Kier alpha value is -1.82. The molecule has 76 valence electrons. The van der Waals surface area contributed by atoms with E-state index in [0.717, 1.165) is 5.76 Å². The number of carbonyl (C=O) groups excluding carboxylic acids is 2. The van der Waals surface area contributed by atoms with Gasteiger partial charge < -0.3 is 9.73 Å². The van der Waals surface area contributed by atoms with Crippen LogP contribution in [0.4, 0.5) is 0 Å². The molecule has 0 radical (unpaired) electrons. The fraction of sp³-hybridized carbons (Fsp3) is 0.250. The molecule has 0 spiro atoms. The first kappa shape index (κ1) is 10.3. The lowest BCUT2D eigenvalue weighted by Crippen LogP contribution is -2.42. The number of hydrogen-bond acceptors (Lipinski definition) is 4. The number of hydrogen-bond donors (Lipinski definition) is 3. The minimum Gasteiger partial charge on any atom is -0.465 e. The van der Waals surface area contributed by atoms with Crippen LogP contribution < -0.4 is 16.6 Å². The van der Waals surface area contributed by atoms with Crippen LogP contribution in [0.2, 0.25) is 0 Å². The number of carbonyl (C=O) groups is 2. The second kappa shape index (κ2) is 4.43. The first-order valence-electron chi connectivity index (χ1n) is 3.97. The third-order valence-corrected chi connectivity index (χ3v) is 1.56. The molecule has 0 aliphatic carbocycles. The predicted molar refractivity (Wildman–Crippen MR) is 47.6 cm³/mol. The van der Waals surface area contributed by atoms with Gasteiger partial charge in [-0.2, -0.15) is 0 Å². The summed E-state index contributed by atoms with van der Waals surface area (Å²) in [6.45, 7) is 1.96. The summed E-state index contributed by atoms with van der Waals surface area (Å²) in [7, 11) is 0. The Morgan fingerprint density at radius 2 is 2.14 bits per heavy atom. The van der Waals surface area contributed by atoms with Crippen LogP contribution in [0.5, 0.6) is 0 Å². The van der Waals surface area contributed by atoms with Gasteiger partial charge in [0.05, 0.1) is 6.54 Å². The van der Waals surface area contributed by atoms with Crippen molar-refractivity contribution in [3.05, 3.63) is 23.7 Å². The third kappa shape index (κ3) is 2.60. The summed E-state index contributed by atoms with van der Waals surface area (Å²) in [5, 5.41) is 2.34. The molecule has 0 fully saturated rings. The smallest absolute Gasteiger partial charge is 0.323 e. The third-order valence-electron chi connectivity index (χ3n) is 1.56. The lowest BCUT2D eigenvalue weighted by molar-refractivity contribution is -0.139. The Morgan fingerprint density at radius 3 is 2.64 bits per heavy atom. The van der Waals surface area contributed by atoms with Gasteiger partial charge in [-0.15, -0.1) is 0 Å². The number of furan rings is 1. The maximum absolute atomic E-state index is 10.9. The van der Waals surface area contributed by atoms with Crippen molar-refractivity contribution >= 4 is 11.8 Å². The van der Waals surface area contributed by atoms with Crippen molar-refractivity contribution in [1.82, 2.24) is 10.7 Å². The van der Waals surface area contributed by atoms with Gasteiger partial charge in [-0.3, -0.25) is 15.0 Å². The number of nitrogens with one attached hydrogen (secondary N) is 2. The molecule has 0 atom stereocenters. The molecule has 0 aliphatic heterocycles. The summed E-state index contributed by atoms with van der Waals surface area (Å²) >= 11 is 0. The summed E-state index contributed by atoms with van der Waals surface area (Å²) in [6, 6.07) is 3.49. The van der Waals surface area contributed by atoms with Gasteiger partial charge in [-0.05, 0) is 19.1 Å². The predicted octanol–water partition coefficient (Wildman–Crippen LogP) is -0.806. The lowest BCUT2D eigenvalue weighted by Gasteiger charge is -2.00. The highest BCUT2D eigenvalue weighted by molar-refractivity contribution is 6.34. The van der Waals surface area contributed by atoms with Crippen molar-refractivity contribution in [1.29, 1.82) is 0 Å². The monoisotopic (exact) mass is 197 g/mol. The quantitative estimate of drug-likeness (QED) is 0.250. The van der Waals surface area contributed by atoms with E-state index in [4.69, 9.17) is 10.3 Å². The number of rotatable bonds is 2. The van der Waals surface area contributed by atoms with Crippen LogP contribution in [-0.4, -0.2) is 11.8 Å². The Bertz CT molecular complexity index is 345. The van der Waals surface area contributed by atoms with Gasteiger partial charge in [0.2, 0.25) is 0 Å². The Kier molecular flexibility index (Phi) is 3.24. The molecule has 6 nitrogen and oxygen atoms in total. The van der Waals surface area contributed by atoms with Crippen LogP contribution in [0.3, 0.4) is 0 Å². The molecule has 0 saturated heterocycles. The van der Waals surface area contributed by atoms with E-state index < -0.39 is 11.8 Å². The van der Waals surface area contributed by atoms with Gasteiger partial charge in [0.1, 0.15) is 11.5 Å². The molecule has 1 aromatic rings. The number of amides is 2. The van der Waals surface area contributed by atoms with Gasteiger partial charge in [0.25, 0.3) is 0 Å². The molecule has 6 heteroatoms. The van der Waals surface area contributed by atoms with Crippen LogP contribution in [0, 0.1) is 6.92 Å². The van der Waals surface area contributed by atoms with E-state index in [0.29, 0.717) is 5.76 Å². The zero-order chi connectivity index (χ0) is 10.6. The first-order chi connectivity index (χ1) is 6.63. The Labute approximate surface area is 80.4 Å². The van der Waals surface area contributed by atoms with Crippen LogP contribution in [0.15, 0.2) is 16.5 Å². The Morgan fingerprint density at radius 1 is 1.43 bits per heavy atom. The molecule has 1 rings (SSSR count). The Balaban J connectivity index is 2.41. The second-order valence-electron chi connectivity index (χ2n) is 2.67. The zero-order valence-electron chi connectivity index (χ0n) is 7.66. The minimum absolute atomic E-state index is 0.167. The normalized spacial score (nSPS) is 9.57. The summed E-state index contributed by atoms with van der Waals surface area (Å²) < 4.78 is 5.17. The largest absolute Gasteiger partial charge is 0.465 e. The van der Waals surface area contributed by atoms with Crippen LogP contribution in [-0.2, 0) is 16.1 Å². The molecular weight excluding hydrogens is 186 g/mol. The van der Waals surface area contributed by atoms with Crippen LogP contribution >= 0.6 is 0 Å². The van der Waals surface area contributed by atoms with Gasteiger partial charge in [-0.25, -0.2) is 5.84 Å². The summed E-state index contributed by atoms with van der Waals surface area (Å²) in [5.74, 6) is 4.42. The molecule has 0 aromatic carbocycles. The van der Waals surface area contributed by atoms with E-state index in [1.54, 1.807) is 24.5 Å². The molecule has 14 heavy (non-hydrogen) atoms. The molecule has 4 N–H and O–H groups in total. The molecular formula is C8H11N3O3. The maximum Gasteiger partial charge on any atom is 0.323 e. The fourth-order valence-electron chi connectivity index (χ4n) is 0.893. The van der Waals surface area contributed by atoms with Crippen LogP contribution in [0.1, 0.15) is 11.5 Å². The molecule has 2 amide bonds. The van der Waals surface area contributed by atoms with Crippen molar-refractivity contribution in [2.75, 3.05) is 0 Å². The van der Waals surface area contributed by atoms with E-state index in [1.165, 1.54) is 0 Å². The van der Waals surface area contributed by atoms with Crippen LogP contribution in [0.25, 0.3) is 0 Å². The van der Waals surface area contributed by atoms with Gasteiger partial charge >= 0.3 is 11.8 Å². The summed E-state index contributed by atoms with van der Waals surface area (Å²) in [6.07, 6.45) is 0. The highest BCUT2D eigenvalue weighted by Crippen LogP contribution is 2.04. The van der Waals surface area contributed by atoms with Crippen molar-refractivity contribution in [2.45, 2.75) is 13.5 Å². The summed E-state index contributed by atoms with van der Waals surface area (Å²) in [5.41, 5.74) is 1.72. The molecule has 0 bridgehead atoms. The molecule has 0 saturated carbocycles. The minimum atomic E-state index is -0.881. The maximum atomic E-state index is 10.9. The zero-order valence-corrected chi connectivity index (χ0v) is 7.66. The second-order valence-corrected chi connectivity index (χ2v) is 2.67.